The molecule has 0 aliphatic rings. The quantitative estimate of drug-likeness (QED) is 0.700. The number of rotatable bonds is 2. The van der Waals surface area contributed by atoms with Gasteiger partial charge in [0.2, 0.25) is 0 Å². The van der Waals surface area contributed by atoms with Crippen LogP contribution in [0.15, 0.2) is 24.3 Å². The predicted octanol–water partition coefficient (Wildman–Crippen LogP) is 2.36. The average molecular weight is 201 g/mol. The maximum Gasteiger partial charge on any atom is 0.168 e. The van der Waals surface area contributed by atoms with Crippen LogP contribution in [0.2, 0.25) is 0 Å². The summed E-state index contributed by atoms with van der Waals surface area (Å²) < 4.78 is 5.14. The van der Waals surface area contributed by atoms with Gasteiger partial charge in [0.15, 0.2) is 6.29 Å². The van der Waals surface area contributed by atoms with Crippen molar-refractivity contribution in [3.05, 3.63) is 35.5 Å². The average Bonchev–Trinajstić information content (AvgIpc) is 2.28. The lowest BCUT2D eigenvalue weighted by atomic mass is 10.1. The van der Waals surface area contributed by atoms with E-state index in [9.17, 15) is 4.79 Å². The van der Waals surface area contributed by atoms with Crippen LogP contribution in [0, 0.1) is 6.92 Å². The number of methoxy groups -OCH3 is 1. The van der Waals surface area contributed by atoms with Gasteiger partial charge >= 0.3 is 0 Å². The zero-order chi connectivity index (χ0) is 10.8. The molecule has 0 atom stereocenters. The van der Waals surface area contributed by atoms with Crippen molar-refractivity contribution in [2.24, 2.45) is 0 Å². The summed E-state index contributed by atoms with van der Waals surface area (Å²) in [6.07, 6.45) is 0.761. The third-order valence-electron chi connectivity index (χ3n) is 2.36. The Morgan fingerprint density at radius 2 is 2.13 bits per heavy atom. The summed E-state index contributed by atoms with van der Waals surface area (Å²) in [6.45, 7) is 1.95. The lowest BCUT2D eigenvalue weighted by molar-refractivity contribution is 0.111. The maximum atomic E-state index is 10.6. The Hall–Kier alpha value is -1.90. The molecule has 76 valence electrons. The van der Waals surface area contributed by atoms with Crippen molar-refractivity contribution >= 4 is 17.2 Å². The van der Waals surface area contributed by atoms with Gasteiger partial charge in [-0.15, -0.1) is 0 Å². The Kier molecular flexibility index (Phi) is 2.37. The molecule has 0 saturated carbocycles. The highest BCUT2D eigenvalue weighted by Crippen LogP contribution is 2.22. The summed E-state index contributed by atoms with van der Waals surface area (Å²) >= 11 is 0. The van der Waals surface area contributed by atoms with Gasteiger partial charge < -0.3 is 4.74 Å². The Labute approximate surface area is 87.7 Å². The summed E-state index contributed by atoms with van der Waals surface area (Å²) in [5.74, 6) is 0.797. The van der Waals surface area contributed by atoms with E-state index in [2.05, 4.69) is 4.98 Å². The van der Waals surface area contributed by atoms with E-state index < -0.39 is 0 Å². The van der Waals surface area contributed by atoms with Crippen molar-refractivity contribution in [1.29, 1.82) is 0 Å². The lowest BCUT2D eigenvalue weighted by Crippen LogP contribution is -1.91. The fraction of sp³-hybridized carbons (Fsp3) is 0.167. The molecule has 0 unspecified atom stereocenters. The van der Waals surface area contributed by atoms with Crippen LogP contribution in [0.25, 0.3) is 10.9 Å². The number of nitrogens with zero attached hydrogens (tertiary/aromatic N) is 1. The van der Waals surface area contributed by atoms with Crippen LogP contribution in [-0.2, 0) is 0 Å². The zero-order valence-electron chi connectivity index (χ0n) is 8.65. The smallest absolute Gasteiger partial charge is 0.168 e. The first-order valence-corrected chi connectivity index (χ1v) is 4.65. The second-order valence-corrected chi connectivity index (χ2v) is 3.36. The Balaban J connectivity index is 2.73. The van der Waals surface area contributed by atoms with Gasteiger partial charge in [0.1, 0.15) is 11.4 Å². The van der Waals surface area contributed by atoms with Gasteiger partial charge in [0, 0.05) is 5.39 Å². The first kappa shape index (κ1) is 9.65. The van der Waals surface area contributed by atoms with Crippen molar-refractivity contribution in [2.45, 2.75) is 6.92 Å². The first-order chi connectivity index (χ1) is 7.24. The molecule has 0 amide bonds. The molecule has 0 fully saturated rings. The number of benzene rings is 1. The van der Waals surface area contributed by atoms with E-state index >= 15 is 0 Å². The van der Waals surface area contributed by atoms with Crippen LogP contribution in [0.3, 0.4) is 0 Å². The van der Waals surface area contributed by atoms with Crippen molar-refractivity contribution in [2.75, 3.05) is 7.11 Å². The molecule has 0 radical (unpaired) electrons. The molecule has 3 nitrogen and oxygen atoms in total. The molecular weight excluding hydrogens is 190 g/mol. The van der Waals surface area contributed by atoms with Gasteiger partial charge in [0.05, 0.1) is 12.6 Å². The van der Waals surface area contributed by atoms with Gasteiger partial charge in [-0.05, 0) is 36.8 Å². The molecule has 0 aliphatic carbocycles. The van der Waals surface area contributed by atoms with E-state index in [1.165, 1.54) is 0 Å². The summed E-state index contributed by atoms with van der Waals surface area (Å²) in [4.78, 5) is 14.8. The van der Waals surface area contributed by atoms with Crippen LogP contribution in [-0.4, -0.2) is 18.4 Å². The standard InChI is InChI=1S/C12H11NO2/c1-8-5-9(7-14)13-12-4-3-10(15-2)6-11(8)12/h3-7H,1-2H3. The van der Waals surface area contributed by atoms with Crippen LogP contribution < -0.4 is 4.74 Å². The molecular formula is C12H11NO2. The number of pyridine rings is 1. The number of ether oxygens (including phenoxy) is 1. The number of carbonyl (C=O) groups excluding carboxylic acids is 1. The van der Waals surface area contributed by atoms with Crippen molar-refractivity contribution < 1.29 is 9.53 Å². The summed E-state index contributed by atoms with van der Waals surface area (Å²) in [5, 5.41) is 1.01. The number of aldehydes is 1. The molecule has 2 rings (SSSR count). The van der Waals surface area contributed by atoms with Gasteiger partial charge in [-0.3, -0.25) is 4.79 Å². The normalized spacial score (nSPS) is 10.3. The Morgan fingerprint density at radius 3 is 2.80 bits per heavy atom. The molecule has 1 aromatic heterocycles. The van der Waals surface area contributed by atoms with Crippen LogP contribution in [0.4, 0.5) is 0 Å². The zero-order valence-corrected chi connectivity index (χ0v) is 8.65. The predicted molar refractivity (Wildman–Crippen MR) is 58.4 cm³/mol. The Morgan fingerprint density at radius 1 is 1.33 bits per heavy atom. The third kappa shape index (κ3) is 1.68. The molecule has 1 aromatic carbocycles. The van der Waals surface area contributed by atoms with E-state index in [0.717, 1.165) is 28.5 Å². The van der Waals surface area contributed by atoms with Gasteiger partial charge in [-0.1, -0.05) is 0 Å². The minimum atomic E-state index is 0.463. The van der Waals surface area contributed by atoms with E-state index in [0.29, 0.717) is 5.69 Å². The second-order valence-electron chi connectivity index (χ2n) is 3.36. The summed E-state index contributed by atoms with van der Waals surface area (Å²) in [5.41, 5.74) is 2.31. The molecule has 0 bridgehead atoms. The molecule has 2 aromatic rings. The number of aryl methyl sites for hydroxylation is 1. The summed E-state index contributed by atoms with van der Waals surface area (Å²) in [6, 6.07) is 7.39. The summed E-state index contributed by atoms with van der Waals surface area (Å²) in [7, 11) is 1.63. The molecule has 3 heteroatoms. The fourth-order valence-corrected chi connectivity index (χ4v) is 1.59. The van der Waals surface area contributed by atoms with E-state index in [1.54, 1.807) is 13.2 Å². The number of carbonyl (C=O) groups is 1. The minimum Gasteiger partial charge on any atom is -0.497 e. The van der Waals surface area contributed by atoms with E-state index in [4.69, 9.17) is 4.74 Å². The second kappa shape index (κ2) is 3.69. The highest BCUT2D eigenvalue weighted by Gasteiger charge is 2.03. The number of hydrogen-bond acceptors (Lipinski definition) is 3. The first-order valence-electron chi connectivity index (χ1n) is 4.65. The van der Waals surface area contributed by atoms with Crippen LogP contribution >= 0.6 is 0 Å². The minimum absolute atomic E-state index is 0.463. The molecule has 1 heterocycles. The molecule has 0 aliphatic heterocycles. The highest BCUT2D eigenvalue weighted by atomic mass is 16.5. The number of fused-ring (bicyclic) bond motifs is 1. The Bertz CT molecular complexity index is 520. The lowest BCUT2D eigenvalue weighted by Gasteiger charge is -2.05. The fourth-order valence-electron chi connectivity index (χ4n) is 1.59. The van der Waals surface area contributed by atoms with Gasteiger partial charge in [-0.25, -0.2) is 4.98 Å². The van der Waals surface area contributed by atoms with E-state index in [-0.39, 0.29) is 0 Å². The van der Waals surface area contributed by atoms with Crippen LogP contribution in [0.1, 0.15) is 16.1 Å². The SMILES string of the molecule is COc1ccc2nc(C=O)cc(C)c2c1. The number of aromatic nitrogens is 1. The highest BCUT2D eigenvalue weighted by molar-refractivity contribution is 5.87. The van der Waals surface area contributed by atoms with Crippen LogP contribution in [0.5, 0.6) is 5.75 Å². The molecule has 15 heavy (non-hydrogen) atoms. The van der Waals surface area contributed by atoms with Crippen molar-refractivity contribution in [3.8, 4) is 5.75 Å². The molecule has 0 saturated heterocycles. The third-order valence-corrected chi connectivity index (χ3v) is 2.36. The van der Waals surface area contributed by atoms with Crippen molar-refractivity contribution in [3.63, 3.8) is 0 Å². The van der Waals surface area contributed by atoms with Gasteiger partial charge in [-0.2, -0.15) is 0 Å². The molecule has 0 spiro atoms. The maximum absolute atomic E-state index is 10.6. The van der Waals surface area contributed by atoms with Gasteiger partial charge in [0.25, 0.3) is 0 Å². The van der Waals surface area contributed by atoms with Crippen molar-refractivity contribution in [1.82, 2.24) is 4.98 Å². The van der Waals surface area contributed by atoms with E-state index in [1.807, 2.05) is 25.1 Å². The number of hydrogen-bond donors (Lipinski definition) is 0. The monoisotopic (exact) mass is 201 g/mol. The molecule has 0 N–H and O–H groups in total. The largest absolute Gasteiger partial charge is 0.497 e. The topological polar surface area (TPSA) is 39.2 Å².